The van der Waals surface area contributed by atoms with Gasteiger partial charge >= 0.3 is 5.69 Å². The summed E-state index contributed by atoms with van der Waals surface area (Å²) in [4.78, 5) is 14.2. The SMILES string of the molecule is N#Cc1cnc(NCCCn2ccnn2)c([N+](=O)[O-])c1. The molecule has 0 unspecified atom stereocenters. The maximum atomic E-state index is 10.9. The van der Waals surface area contributed by atoms with E-state index in [1.165, 1.54) is 12.3 Å². The van der Waals surface area contributed by atoms with Gasteiger partial charge in [0.1, 0.15) is 6.07 Å². The highest BCUT2D eigenvalue weighted by Crippen LogP contribution is 2.22. The Morgan fingerprint density at radius 2 is 2.40 bits per heavy atom. The summed E-state index contributed by atoms with van der Waals surface area (Å²) in [5.74, 6) is 0.160. The number of nitro groups is 1. The van der Waals surface area contributed by atoms with Crippen molar-refractivity contribution in [2.75, 3.05) is 11.9 Å². The lowest BCUT2D eigenvalue weighted by molar-refractivity contribution is -0.384. The van der Waals surface area contributed by atoms with E-state index in [1.807, 2.05) is 6.07 Å². The summed E-state index contributed by atoms with van der Waals surface area (Å²) >= 11 is 0. The van der Waals surface area contributed by atoms with Crippen LogP contribution in [0.15, 0.2) is 24.7 Å². The Hall–Kier alpha value is -3.02. The van der Waals surface area contributed by atoms with Gasteiger partial charge < -0.3 is 5.32 Å². The number of hydrogen-bond acceptors (Lipinski definition) is 7. The van der Waals surface area contributed by atoms with Gasteiger partial charge in [0.25, 0.3) is 0 Å². The average Bonchev–Trinajstić information content (AvgIpc) is 2.96. The largest absolute Gasteiger partial charge is 0.364 e. The molecule has 0 saturated carbocycles. The van der Waals surface area contributed by atoms with Crippen molar-refractivity contribution in [1.29, 1.82) is 5.26 Å². The fourth-order valence-electron chi connectivity index (χ4n) is 1.59. The third kappa shape index (κ3) is 3.26. The molecule has 20 heavy (non-hydrogen) atoms. The molecule has 0 bridgehead atoms. The van der Waals surface area contributed by atoms with Gasteiger partial charge in [0, 0.05) is 31.5 Å². The second kappa shape index (κ2) is 6.24. The number of rotatable bonds is 6. The van der Waals surface area contributed by atoms with Crippen molar-refractivity contribution in [3.63, 3.8) is 0 Å². The summed E-state index contributed by atoms with van der Waals surface area (Å²) in [7, 11) is 0. The molecule has 0 atom stereocenters. The Bertz CT molecular complexity index is 633. The third-order valence-corrected chi connectivity index (χ3v) is 2.52. The van der Waals surface area contributed by atoms with E-state index in [0.717, 1.165) is 0 Å². The van der Waals surface area contributed by atoms with Gasteiger partial charge in [-0.1, -0.05) is 5.21 Å². The molecular formula is C11H11N7O2. The van der Waals surface area contributed by atoms with Crippen LogP contribution in [0, 0.1) is 21.4 Å². The molecule has 9 heteroatoms. The monoisotopic (exact) mass is 273 g/mol. The van der Waals surface area contributed by atoms with Gasteiger partial charge in [0.05, 0.1) is 16.7 Å². The Morgan fingerprint density at radius 3 is 3.05 bits per heavy atom. The molecule has 102 valence electrons. The Kier molecular flexibility index (Phi) is 4.18. The van der Waals surface area contributed by atoms with E-state index in [4.69, 9.17) is 5.26 Å². The van der Waals surface area contributed by atoms with E-state index in [1.54, 1.807) is 17.1 Å². The molecule has 0 amide bonds. The molecule has 1 N–H and O–H groups in total. The number of anilines is 1. The molecule has 0 aliphatic carbocycles. The Labute approximate surface area is 114 Å². The minimum absolute atomic E-state index is 0.157. The molecular weight excluding hydrogens is 262 g/mol. The molecule has 2 aromatic rings. The molecule has 0 aromatic carbocycles. The molecule has 2 rings (SSSR count). The van der Waals surface area contributed by atoms with E-state index in [-0.39, 0.29) is 17.1 Å². The summed E-state index contributed by atoms with van der Waals surface area (Å²) in [6.45, 7) is 1.15. The molecule has 9 nitrogen and oxygen atoms in total. The lowest BCUT2D eigenvalue weighted by Gasteiger charge is -2.06. The lowest BCUT2D eigenvalue weighted by atomic mass is 10.2. The van der Waals surface area contributed by atoms with Crippen LogP contribution in [0.1, 0.15) is 12.0 Å². The van der Waals surface area contributed by atoms with E-state index in [2.05, 4.69) is 20.6 Å². The van der Waals surface area contributed by atoms with E-state index in [9.17, 15) is 10.1 Å². The highest BCUT2D eigenvalue weighted by atomic mass is 16.6. The molecule has 0 aliphatic rings. The fraction of sp³-hybridized carbons (Fsp3) is 0.273. The maximum Gasteiger partial charge on any atom is 0.312 e. The van der Waals surface area contributed by atoms with Crippen molar-refractivity contribution in [3.05, 3.63) is 40.3 Å². The molecule has 2 aromatic heterocycles. The smallest absolute Gasteiger partial charge is 0.312 e. The molecule has 0 radical (unpaired) electrons. The number of pyridine rings is 1. The van der Waals surface area contributed by atoms with Crippen molar-refractivity contribution in [2.45, 2.75) is 13.0 Å². The molecule has 0 aliphatic heterocycles. The highest BCUT2D eigenvalue weighted by molar-refractivity contribution is 5.58. The van der Waals surface area contributed by atoms with Crippen LogP contribution in [0.5, 0.6) is 0 Å². The molecule has 0 fully saturated rings. The van der Waals surface area contributed by atoms with Crippen molar-refractivity contribution in [2.24, 2.45) is 0 Å². The van der Waals surface area contributed by atoms with Gasteiger partial charge in [0.2, 0.25) is 5.82 Å². The van der Waals surface area contributed by atoms with Crippen molar-refractivity contribution >= 4 is 11.5 Å². The summed E-state index contributed by atoms with van der Waals surface area (Å²) in [6.07, 6.45) is 5.33. The van der Waals surface area contributed by atoms with Gasteiger partial charge in [0.15, 0.2) is 0 Å². The van der Waals surface area contributed by atoms with Crippen LogP contribution in [-0.4, -0.2) is 31.4 Å². The van der Waals surface area contributed by atoms with Crippen LogP contribution in [0.4, 0.5) is 11.5 Å². The number of hydrogen-bond donors (Lipinski definition) is 1. The molecule has 0 saturated heterocycles. The topological polar surface area (TPSA) is 123 Å². The van der Waals surface area contributed by atoms with Gasteiger partial charge in [-0.25, -0.2) is 4.98 Å². The number of aromatic nitrogens is 4. The third-order valence-electron chi connectivity index (χ3n) is 2.52. The zero-order chi connectivity index (χ0) is 14.4. The van der Waals surface area contributed by atoms with Crippen molar-refractivity contribution in [3.8, 4) is 6.07 Å². The van der Waals surface area contributed by atoms with Crippen molar-refractivity contribution in [1.82, 2.24) is 20.0 Å². The normalized spacial score (nSPS) is 9.95. The predicted octanol–water partition coefficient (Wildman–Crippen LogP) is 0.955. The predicted molar refractivity (Wildman–Crippen MR) is 68.7 cm³/mol. The first-order chi connectivity index (χ1) is 9.70. The van der Waals surface area contributed by atoms with Crippen LogP contribution >= 0.6 is 0 Å². The number of nitriles is 1. The average molecular weight is 273 g/mol. The number of nitrogens with one attached hydrogen (secondary N) is 1. The first-order valence-electron chi connectivity index (χ1n) is 5.83. The van der Waals surface area contributed by atoms with Crippen LogP contribution < -0.4 is 5.32 Å². The second-order valence-electron chi connectivity index (χ2n) is 3.91. The first-order valence-corrected chi connectivity index (χ1v) is 5.83. The van der Waals surface area contributed by atoms with Gasteiger partial charge in [-0.15, -0.1) is 5.10 Å². The number of aryl methyl sites for hydroxylation is 1. The van der Waals surface area contributed by atoms with Gasteiger partial charge in [-0.2, -0.15) is 5.26 Å². The van der Waals surface area contributed by atoms with E-state index < -0.39 is 4.92 Å². The highest BCUT2D eigenvalue weighted by Gasteiger charge is 2.15. The Balaban J connectivity index is 1.95. The Morgan fingerprint density at radius 1 is 1.55 bits per heavy atom. The quantitative estimate of drug-likeness (QED) is 0.472. The summed E-state index contributed by atoms with van der Waals surface area (Å²) in [5.41, 5.74) is -0.0466. The number of nitrogens with zero attached hydrogens (tertiary/aromatic N) is 6. The maximum absolute atomic E-state index is 10.9. The van der Waals surface area contributed by atoms with Gasteiger partial charge in [-0.05, 0) is 6.42 Å². The zero-order valence-corrected chi connectivity index (χ0v) is 10.4. The fourth-order valence-corrected chi connectivity index (χ4v) is 1.59. The minimum atomic E-state index is -0.562. The van der Waals surface area contributed by atoms with E-state index >= 15 is 0 Å². The van der Waals surface area contributed by atoms with E-state index in [0.29, 0.717) is 19.5 Å². The summed E-state index contributed by atoms with van der Waals surface area (Å²) in [6, 6.07) is 3.02. The zero-order valence-electron chi connectivity index (χ0n) is 10.4. The summed E-state index contributed by atoms with van der Waals surface area (Å²) < 4.78 is 1.67. The van der Waals surface area contributed by atoms with Crippen LogP contribution in [0.3, 0.4) is 0 Å². The second-order valence-corrected chi connectivity index (χ2v) is 3.91. The van der Waals surface area contributed by atoms with Gasteiger partial charge in [-0.3, -0.25) is 14.8 Å². The van der Waals surface area contributed by atoms with Crippen LogP contribution in [-0.2, 0) is 6.54 Å². The van der Waals surface area contributed by atoms with Crippen LogP contribution in [0.2, 0.25) is 0 Å². The molecule has 0 spiro atoms. The van der Waals surface area contributed by atoms with Crippen LogP contribution in [0.25, 0.3) is 0 Å². The minimum Gasteiger partial charge on any atom is -0.364 e. The standard InChI is InChI=1S/C11H11N7O2/c12-7-9-6-10(18(19)20)11(14-8-9)13-2-1-4-17-5-3-15-16-17/h3,5-6,8H,1-2,4H2,(H,13,14). The summed E-state index contributed by atoms with van der Waals surface area (Å²) in [5, 5.41) is 30.0. The lowest BCUT2D eigenvalue weighted by Crippen LogP contribution is -2.10. The molecule has 2 heterocycles. The van der Waals surface area contributed by atoms with Crippen molar-refractivity contribution < 1.29 is 4.92 Å². The first kappa shape index (κ1) is 13.4.